The van der Waals surface area contributed by atoms with Crippen LogP contribution in [0.4, 0.5) is 5.69 Å². The molecule has 0 spiro atoms. The highest BCUT2D eigenvalue weighted by Gasteiger charge is 2.23. The maximum atomic E-state index is 12.6. The molecule has 0 radical (unpaired) electrons. The van der Waals surface area contributed by atoms with Crippen molar-refractivity contribution in [3.05, 3.63) is 18.2 Å². The minimum Gasteiger partial charge on any atom is -0.492 e. The van der Waals surface area contributed by atoms with Gasteiger partial charge in [-0.3, -0.25) is 4.79 Å². The Bertz CT molecular complexity index is 628. The van der Waals surface area contributed by atoms with E-state index in [1.54, 1.807) is 27.0 Å². The number of carbonyl (C=O) groups excluding carboxylic acids is 1. The maximum absolute atomic E-state index is 12.6. The number of ether oxygens (including phenoxy) is 1. The Labute approximate surface area is 138 Å². The van der Waals surface area contributed by atoms with Crippen LogP contribution in [-0.4, -0.2) is 51.9 Å². The molecule has 1 aromatic rings. The molecule has 1 rings (SSSR count). The minimum atomic E-state index is -3.59. The van der Waals surface area contributed by atoms with Crippen molar-refractivity contribution in [1.29, 1.82) is 0 Å². The molecule has 0 bridgehead atoms. The summed E-state index contributed by atoms with van der Waals surface area (Å²) in [5.74, 6) is 0.168. The maximum Gasteiger partial charge on any atom is 0.243 e. The average Bonchev–Trinajstić information content (AvgIpc) is 2.50. The molecule has 0 aliphatic heterocycles. The summed E-state index contributed by atoms with van der Waals surface area (Å²) in [6.45, 7) is 6.69. The summed E-state index contributed by atoms with van der Waals surface area (Å²) in [4.78, 5) is 11.9. The summed E-state index contributed by atoms with van der Waals surface area (Å²) >= 11 is 0. The topological polar surface area (TPSA) is 87.7 Å². The molecule has 0 atom stereocenters. The van der Waals surface area contributed by atoms with E-state index in [-0.39, 0.29) is 17.3 Å². The van der Waals surface area contributed by atoms with Gasteiger partial charge in [0.25, 0.3) is 0 Å². The lowest BCUT2D eigenvalue weighted by atomic mass is 10.3. The average molecular weight is 343 g/mol. The number of nitrogens with zero attached hydrogens (tertiary/aromatic N) is 1. The van der Waals surface area contributed by atoms with E-state index in [4.69, 9.17) is 4.74 Å². The van der Waals surface area contributed by atoms with E-state index in [9.17, 15) is 13.2 Å². The standard InChI is InChI=1S/C15H25N3O4S/c1-5-18(6-2)23(20,21)12-8-9-14(22-7-3)13(10-12)17-15(19)11-16-4/h8-10,16H,5-7,11H2,1-4H3,(H,17,19). The van der Waals surface area contributed by atoms with E-state index in [2.05, 4.69) is 10.6 Å². The largest absolute Gasteiger partial charge is 0.492 e. The third-order valence-electron chi connectivity index (χ3n) is 3.21. The van der Waals surface area contributed by atoms with Crippen molar-refractivity contribution >= 4 is 21.6 Å². The first-order valence-electron chi connectivity index (χ1n) is 7.62. The van der Waals surface area contributed by atoms with Crippen LogP contribution in [0.1, 0.15) is 20.8 Å². The van der Waals surface area contributed by atoms with Gasteiger partial charge in [0, 0.05) is 13.1 Å². The van der Waals surface area contributed by atoms with Crippen LogP contribution in [0, 0.1) is 0 Å². The van der Waals surface area contributed by atoms with E-state index >= 15 is 0 Å². The van der Waals surface area contributed by atoms with Gasteiger partial charge in [-0.15, -0.1) is 0 Å². The Kier molecular flexibility index (Phi) is 7.47. The number of likely N-dealkylation sites (N-methyl/N-ethyl adjacent to an activating group) is 1. The number of hydrogen-bond acceptors (Lipinski definition) is 5. The van der Waals surface area contributed by atoms with Gasteiger partial charge in [-0.1, -0.05) is 13.8 Å². The molecule has 0 aliphatic rings. The van der Waals surface area contributed by atoms with Crippen LogP contribution in [0.5, 0.6) is 5.75 Å². The van der Waals surface area contributed by atoms with Crippen LogP contribution >= 0.6 is 0 Å². The van der Waals surface area contributed by atoms with Crippen LogP contribution in [0.25, 0.3) is 0 Å². The van der Waals surface area contributed by atoms with Crippen LogP contribution in [0.2, 0.25) is 0 Å². The first-order valence-corrected chi connectivity index (χ1v) is 9.06. The molecule has 0 aliphatic carbocycles. The van der Waals surface area contributed by atoms with Crippen LogP contribution in [0.3, 0.4) is 0 Å². The quantitative estimate of drug-likeness (QED) is 0.705. The highest BCUT2D eigenvalue weighted by molar-refractivity contribution is 7.89. The number of anilines is 1. The summed E-state index contributed by atoms with van der Waals surface area (Å²) < 4.78 is 32.0. The molecule has 0 aromatic heterocycles. The van der Waals surface area contributed by atoms with E-state index in [1.807, 2.05) is 6.92 Å². The Balaban J connectivity index is 3.24. The van der Waals surface area contributed by atoms with Crippen molar-refractivity contribution in [2.45, 2.75) is 25.7 Å². The van der Waals surface area contributed by atoms with Crippen molar-refractivity contribution in [1.82, 2.24) is 9.62 Å². The number of rotatable bonds is 9. The molecule has 23 heavy (non-hydrogen) atoms. The molecule has 1 aromatic carbocycles. The lowest BCUT2D eigenvalue weighted by Gasteiger charge is -2.20. The zero-order chi connectivity index (χ0) is 17.5. The predicted octanol–water partition coefficient (Wildman–Crippen LogP) is 1.27. The molecule has 0 heterocycles. The number of hydrogen-bond donors (Lipinski definition) is 2. The molecule has 130 valence electrons. The molecule has 7 nitrogen and oxygen atoms in total. The smallest absolute Gasteiger partial charge is 0.243 e. The molecule has 0 saturated carbocycles. The molecule has 0 fully saturated rings. The molecule has 8 heteroatoms. The van der Waals surface area contributed by atoms with Crippen LogP contribution < -0.4 is 15.4 Å². The summed E-state index contributed by atoms with van der Waals surface area (Å²) in [5, 5.41) is 5.42. The Morgan fingerprint density at radius 3 is 2.39 bits per heavy atom. The molecule has 1 amide bonds. The van der Waals surface area contributed by atoms with Crippen molar-refractivity contribution in [2.75, 3.05) is 38.6 Å². The van der Waals surface area contributed by atoms with Gasteiger partial charge in [-0.05, 0) is 32.2 Å². The van der Waals surface area contributed by atoms with Gasteiger partial charge in [-0.25, -0.2) is 8.42 Å². The predicted molar refractivity (Wildman–Crippen MR) is 90.3 cm³/mol. The monoisotopic (exact) mass is 343 g/mol. The van der Waals surface area contributed by atoms with Crippen molar-refractivity contribution in [3.8, 4) is 5.75 Å². The van der Waals surface area contributed by atoms with E-state index in [0.717, 1.165) is 0 Å². The molecule has 2 N–H and O–H groups in total. The third kappa shape index (κ3) is 4.92. The van der Waals surface area contributed by atoms with Gasteiger partial charge < -0.3 is 15.4 Å². The molecule has 0 unspecified atom stereocenters. The number of nitrogens with one attached hydrogen (secondary N) is 2. The Hall–Kier alpha value is -1.64. The van der Waals surface area contributed by atoms with Gasteiger partial charge in [0.2, 0.25) is 15.9 Å². The normalized spacial score (nSPS) is 11.5. The third-order valence-corrected chi connectivity index (χ3v) is 5.25. The van der Waals surface area contributed by atoms with Gasteiger partial charge >= 0.3 is 0 Å². The first kappa shape index (κ1) is 19.4. The number of sulfonamides is 1. The fourth-order valence-electron chi connectivity index (χ4n) is 2.12. The minimum absolute atomic E-state index is 0.124. The fraction of sp³-hybridized carbons (Fsp3) is 0.533. The van der Waals surface area contributed by atoms with Crippen LogP contribution in [0.15, 0.2) is 23.1 Å². The lowest BCUT2D eigenvalue weighted by molar-refractivity contribution is -0.115. The van der Waals surface area contributed by atoms with Gasteiger partial charge in [-0.2, -0.15) is 4.31 Å². The molecule has 0 saturated heterocycles. The van der Waals surface area contributed by atoms with E-state index in [1.165, 1.54) is 16.4 Å². The molecular formula is C15H25N3O4S. The number of carbonyl (C=O) groups is 1. The highest BCUT2D eigenvalue weighted by Crippen LogP contribution is 2.29. The summed E-state index contributed by atoms with van der Waals surface area (Å²) in [5.41, 5.74) is 0.348. The Morgan fingerprint density at radius 1 is 1.22 bits per heavy atom. The molecular weight excluding hydrogens is 318 g/mol. The fourth-order valence-corrected chi connectivity index (χ4v) is 3.60. The number of amides is 1. The van der Waals surface area contributed by atoms with Crippen LogP contribution in [-0.2, 0) is 14.8 Å². The lowest BCUT2D eigenvalue weighted by Crippen LogP contribution is -2.31. The van der Waals surface area contributed by atoms with Gasteiger partial charge in [0.15, 0.2) is 0 Å². The van der Waals surface area contributed by atoms with Crippen molar-refractivity contribution in [3.63, 3.8) is 0 Å². The zero-order valence-electron chi connectivity index (χ0n) is 14.0. The summed E-state index contributed by atoms with van der Waals surface area (Å²) in [6.07, 6.45) is 0. The SMILES string of the molecule is CCOc1ccc(S(=O)(=O)N(CC)CC)cc1NC(=O)CNC. The zero-order valence-corrected chi connectivity index (χ0v) is 14.9. The van der Waals surface area contributed by atoms with Crippen molar-refractivity contribution in [2.24, 2.45) is 0 Å². The first-order chi connectivity index (χ1) is 10.9. The van der Waals surface area contributed by atoms with Crippen molar-refractivity contribution < 1.29 is 17.9 Å². The van der Waals surface area contributed by atoms with E-state index < -0.39 is 10.0 Å². The van der Waals surface area contributed by atoms with E-state index in [0.29, 0.717) is 31.1 Å². The second kappa shape index (κ2) is 8.85. The van der Waals surface area contributed by atoms with Gasteiger partial charge in [0.1, 0.15) is 5.75 Å². The summed E-state index contributed by atoms with van der Waals surface area (Å²) in [7, 11) is -1.94. The highest BCUT2D eigenvalue weighted by atomic mass is 32.2. The number of benzene rings is 1. The second-order valence-electron chi connectivity index (χ2n) is 4.76. The summed E-state index contributed by atoms with van der Waals surface area (Å²) in [6, 6.07) is 4.49. The Morgan fingerprint density at radius 2 is 1.87 bits per heavy atom. The second-order valence-corrected chi connectivity index (χ2v) is 6.70. The van der Waals surface area contributed by atoms with Gasteiger partial charge in [0.05, 0.1) is 23.7 Å².